The molecule has 0 unspecified atom stereocenters. The van der Waals surface area contributed by atoms with Crippen molar-refractivity contribution < 1.29 is 22.8 Å². The highest BCUT2D eigenvalue weighted by Crippen LogP contribution is 2.31. The molecular formula is C21H15F3N4O2S2. The molecule has 0 radical (unpaired) electrons. The number of amides is 1. The van der Waals surface area contributed by atoms with Gasteiger partial charge in [-0.3, -0.25) is 9.59 Å². The van der Waals surface area contributed by atoms with E-state index in [9.17, 15) is 22.8 Å². The molecule has 4 rings (SSSR count). The average molecular weight is 477 g/mol. The van der Waals surface area contributed by atoms with E-state index in [1.165, 1.54) is 11.3 Å². The van der Waals surface area contributed by atoms with Crippen molar-refractivity contribution in [2.75, 3.05) is 6.54 Å². The summed E-state index contributed by atoms with van der Waals surface area (Å²) in [5, 5.41) is 8.35. The van der Waals surface area contributed by atoms with Crippen LogP contribution in [0.15, 0.2) is 48.5 Å². The third kappa shape index (κ3) is 5.35. The molecule has 0 aliphatic rings. The number of aromatic nitrogens is 3. The highest BCUT2D eigenvalue weighted by atomic mass is 32.1. The largest absolute Gasteiger partial charge is 0.445 e. The molecule has 32 heavy (non-hydrogen) atoms. The summed E-state index contributed by atoms with van der Waals surface area (Å²) in [6.07, 6.45) is -4.91. The van der Waals surface area contributed by atoms with Gasteiger partial charge in [0.1, 0.15) is 10.0 Å². The van der Waals surface area contributed by atoms with Gasteiger partial charge in [-0.15, -0.1) is 21.5 Å². The molecule has 2 aromatic heterocycles. The molecule has 1 amide bonds. The molecule has 164 valence electrons. The molecule has 2 aromatic carbocycles. The second-order valence-electron chi connectivity index (χ2n) is 6.82. The number of hydrogen-bond acceptors (Lipinski definition) is 7. The Kier molecular flexibility index (Phi) is 6.28. The summed E-state index contributed by atoms with van der Waals surface area (Å²) < 4.78 is 38.6. The van der Waals surface area contributed by atoms with Gasteiger partial charge < -0.3 is 5.32 Å². The number of carbonyl (C=O) groups is 2. The van der Waals surface area contributed by atoms with Crippen molar-refractivity contribution in [2.24, 2.45) is 0 Å². The van der Waals surface area contributed by atoms with Crippen molar-refractivity contribution in [3.05, 3.63) is 63.6 Å². The first-order valence-corrected chi connectivity index (χ1v) is 11.0. The number of alkyl halides is 3. The normalized spacial score (nSPS) is 11.6. The average Bonchev–Trinajstić information content (AvgIpc) is 3.38. The lowest BCUT2D eigenvalue weighted by atomic mass is 10.1. The quantitative estimate of drug-likeness (QED) is 0.430. The second kappa shape index (κ2) is 9.13. The van der Waals surface area contributed by atoms with Gasteiger partial charge in [0.25, 0.3) is 0 Å². The van der Waals surface area contributed by atoms with Crippen LogP contribution in [0.3, 0.4) is 0 Å². The molecule has 2 heterocycles. The fourth-order valence-electron chi connectivity index (χ4n) is 2.93. The number of halogens is 3. The van der Waals surface area contributed by atoms with Gasteiger partial charge in [0, 0.05) is 0 Å². The lowest BCUT2D eigenvalue weighted by Crippen LogP contribution is -2.31. The third-order valence-corrected chi connectivity index (χ3v) is 6.38. The molecular weight excluding hydrogens is 461 g/mol. The Hall–Kier alpha value is -3.18. The van der Waals surface area contributed by atoms with Crippen molar-refractivity contribution in [1.82, 2.24) is 20.5 Å². The summed E-state index contributed by atoms with van der Waals surface area (Å²) in [7, 11) is 0. The smallest absolute Gasteiger partial charge is 0.349 e. The lowest BCUT2D eigenvalue weighted by Gasteiger charge is -2.02. The number of fused-ring (bicyclic) bond motifs is 1. The molecule has 1 N–H and O–H groups in total. The molecule has 0 saturated heterocycles. The summed E-state index contributed by atoms with van der Waals surface area (Å²) in [5.41, 5.74) is 2.91. The van der Waals surface area contributed by atoms with Crippen LogP contribution in [0.2, 0.25) is 0 Å². The Morgan fingerprint density at radius 3 is 2.41 bits per heavy atom. The number of carbonyl (C=O) groups excluding carboxylic acids is 2. The number of nitrogens with one attached hydrogen (secondary N) is 1. The van der Waals surface area contributed by atoms with Crippen molar-refractivity contribution >= 4 is 44.6 Å². The number of thiazole rings is 1. The molecule has 0 aliphatic carbocycles. The Bertz CT molecular complexity index is 1270. The van der Waals surface area contributed by atoms with Gasteiger partial charge in [-0.25, -0.2) is 4.98 Å². The van der Waals surface area contributed by atoms with Crippen LogP contribution >= 0.6 is 22.7 Å². The van der Waals surface area contributed by atoms with Gasteiger partial charge in [0.2, 0.25) is 10.9 Å². The Morgan fingerprint density at radius 1 is 0.906 bits per heavy atom. The molecule has 0 aliphatic heterocycles. The van der Waals surface area contributed by atoms with E-state index in [0.29, 0.717) is 16.3 Å². The highest BCUT2D eigenvalue weighted by molar-refractivity contribution is 7.18. The van der Waals surface area contributed by atoms with Crippen LogP contribution in [0.1, 0.15) is 15.0 Å². The SMILES string of the molecule is O=C(CNC(=O)Cc1nc2ccc(-c3ccccc3)cc2s1)Cc1nnc(C(F)(F)F)s1. The minimum atomic E-state index is -4.59. The van der Waals surface area contributed by atoms with Crippen LogP contribution in [0.25, 0.3) is 21.3 Å². The number of nitrogens with zero attached hydrogens (tertiary/aromatic N) is 3. The van der Waals surface area contributed by atoms with E-state index in [4.69, 9.17) is 0 Å². The number of Topliss-reactive ketones (excluding diaryl/α,β-unsaturated/α-hetero) is 1. The molecule has 0 atom stereocenters. The molecule has 0 fully saturated rings. The Labute approximate surface area is 188 Å². The van der Waals surface area contributed by atoms with Crippen molar-refractivity contribution in [3.8, 4) is 11.1 Å². The summed E-state index contributed by atoms with van der Waals surface area (Å²) in [6, 6.07) is 15.8. The molecule has 0 bridgehead atoms. The van der Waals surface area contributed by atoms with E-state index in [1.807, 2.05) is 48.5 Å². The molecule has 11 heteroatoms. The predicted octanol–water partition coefficient (Wildman–Crippen LogP) is 4.30. The molecule has 0 saturated carbocycles. The van der Waals surface area contributed by atoms with Crippen molar-refractivity contribution in [3.63, 3.8) is 0 Å². The van der Waals surface area contributed by atoms with E-state index in [2.05, 4.69) is 20.5 Å². The molecule has 4 aromatic rings. The highest BCUT2D eigenvalue weighted by Gasteiger charge is 2.35. The summed E-state index contributed by atoms with van der Waals surface area (Å²) >= 11 is 1.71. The van der Waals surface area contributed by atoms with Crippen LogP contribution in [0, 0.1) is 0 Å². The van der Waals surface area contributed by atoms with Crippen LogP contribution in [0.4, 0.5) is 13.2 Å². The van der Waals surface area contributed by atoms with Crippen molar-refractivity contribution in [2.45, 2.75) is 19.0 Å². The summed E-state index contributed by atoms with van der Waals surface area (Å²) in [4.78, 5) is 28.6. The molecule has 0 spiro atoms. The zero-order chi connectivity index (χ0) is 22.7. The lowest BCUT2D eigenvalue weighted by molar-refractivity contribution is -0.138. The van der Waals surface area contributed by atoms with Crippen molar-refractivity contribution in [1.29, 1.82) is 0 Å². The topological polar surface area (TPSA) is 84.8 Å². The van der Waals surface area contributed by atoms with Gasteiger partial charge in [-0.05, 0) is 23.3 Å². The number of ketones is 1. The minimum Gasteiger partial charge on any atom is -0.349 e. The monoisotopic (exact) mass is 476 g/mol. The fraction of sp³-hybridized carbons (Fsp3) is 0.190. The van der Waals surface area contributed by atoms with Crippen LogP contribution in [-0.2, 0) is 28.6 Å². The standard InChI is InChI=1S/C21H15F3N4O2S2/c22-21(23,24)20-28-27-19(32-20)9-14(29)11-25-17(30)10-18-26-15-7-6-13(8-16(15)31-18)12-4-2-1-3-5-12/h1-8H,9-11H2,(H,25,30). The van der Waals surface area contributed by atoms with Gasteiger partial charge >= 0.3 is 6.18 Å². The number of benzene rings is 2. The van der Waals surface area contributed by atoms with Gasteiger partial charge in [-0.2, -0.15) is 13.2 Å². The molecule has 6 nitrogen and oxygen atoms in total. The first-order valence-electron chi connectivity index (χ1n) is 9.41. The zero-order valence-electron chi connectivity index (χ0n) is 16.3. The van der Waals surface area contributed by atoms with Gasteiger partial charge in [-0.1, -0.05) is 47.7 Å². The minimum absolute atomic E-state index is 0.00429. The van der Waals surface area contributed by atoms with E-state index >= 15 is 0 Å². The number of hydrogen-bond donors (Lipinski definition) is 1. The maximum atomic E-state index is 12.5. The zero-order valence-corrected chi connectivity index (χ0v) is 18.0. The van der Waals surface area contributed by atoms with Crippen LogP contribution in [-0.4, -0.2) is 33.4 Å². The van der Waals surface area contributed by atoms with Crippen LogP contribution in [0.5, 0.6) is 0 Å². The second-order valence-corrected chi connectivity index (χ2v) is 9.00. The Balaban J connectivity index is 1.32. The van der Waals surface area contributed by atoms with E-state index < -0.39 is 22.9 Å². The fourth-order valence-corrected chi connectivity index (χ4v) is 4.67. The van der Waals surface area contributed by atoms with E-state index in [0.717, 1.165) is 21.3 Å². The maximum absolute atomic E-state index is 12.5. The van der Waals surface area contributed by atoms with Gasteiger partial charge in [0.15, 0.2) is 5.78 Å². The third-order valence-electron chi connectivity index (χ3n) is 4.39. The first-order chi connectivity index (χ1) is 15.3. The summed E-state index contributed by atoms with van der Waals surface area (Å²) in [5.74, 6) is -0.853. The van der Waals surface area contributed by atoms with E-state index in [1.54, 1.807) is 0 Å². The number of rotatable bonds is 7. The van der Waals surface area contributed by atoms with E-state index in [-0.39, 0.29) is 24.4 Å². The predicted molar refractivity (Wildman–Crippen MR) is 115 cm³/mol. The summed E-state index contributed by atoms with van der Waals surface area (Å²) in [6.45, 7) is -0.303. The Morgan fingerprint density at radius 2 is 1.69 bits per heavy atom. The maximum Gasteiger partial charge on any atom is 0.445 e. The van der Waals surface area contributed by atoms with Gasteiger partial charge in [0.05, 0.1) is 29.6 Å². The first kappa shape index (κ1) is 22.0. The van der Waals surface area contributed by atoms with Crippen LogP contribution < -0.4 is 5.32 Å².